The molecule has 1 aliphatic carbocycles. The minimum absolute atomic E-state index is 0.112. The van der Waals surface area contributed by atoms with Gasteiger partial charge in [-0.1, -0.05) is 24.3 Å². The summed E-state index contributed by atoms with van der Waals surface area (Å²) in [6, 6.07) is 7.82. The number of carboxylic acid groups (broad SMARTS) is 1. The van der Waals surface area contributed by atoms with Crippen molar-refractivity contribution in [1.29, 1.82) is 0 Å². The first-order chi connectivity index (χ1) is 9.54. The number of nitrogens with zero attached hydrogens (tertiary/aromatic N) is 1. The molecule has 0 unspecified atom stereocenters. The highest BCUT2D eigenvalue weighted by Crippen LogP contribution is 2.28. The number of carbonyl (C=O) groups is 1. The van der Waals surface area contributed by atoms with E-state index in [1.807, 2.05) is 24.3 Å². The topological polar surface area (TPSA) is 60.8 Å². The molecule has 0 aromatic heterocycles. The number of aliphatic hydroxyl groups is 1. The van der Waals surface area contributed by atoms with Crippen LogP contribution in [0.3, 0.4) is 0 Å². The van der Waals surface area contributed by atoms with Crippen LogP contribution in [0.2, 0.25) is 0 Å². The lowest BCUT2D eigenvalue weighted by Gasteiger charge is -2.34. The van der Waals surface area contributed by atoms with Gasteiger partial charge in [-0.3, -0.25) is 0 Å². The van der Waals surface area contributed by atoms with Crippen molar-refractivity contribution in [2.24, 2.45) is 5.92 Å². The van der Waals surface area contributed by atoms with Crippen LogP contribution in [0.25, 0.3) is 6.08 Å². The molecular formula is C16H21NO3. The fraction of sp³-hybridized carbons (Fsp3) is 0.438. The van der Waals surface area contributed by atoms with Gasteiger partial charge < -0.3 is 15.1 Å². The van der Waals surface area contributed by atoms with Gasteiger partial charge in [0.2, 0.25) is 0 Å². The highest BCUT2D eigenvalue weighted by molar-refractivity contribution is 5.85. The van der Waals surface area contributed by atoms with Crippen molar-refractivity contribution in [1.82, 2.24) is 4.90 Å². The van der Waals surface area contributed by atoms with E-state index < -0.39 is 5.97 Å². The summed E-state index contributed by atoms with van der Waals surface area (Å²) in [5.74, 6) is -0.353. The largest absolute Gasteiger partial charge is 0.478 e. The van der Waals surface area contributed by atoms with E-state index in [1.165, 1.54) is 6.08 Å². The van der Waals surface area contributed by atoms with Crippen LogP contribution in [-0.4, -0.2) is 40.8 Å². The molecule has 1 aliphatic rings. The Labute approximate surface area is 119 Å². The Bertz CT molecular complexity index is 492. The second kappa shape index (κ2) is 6.68. The predicted molar refractivity (Wildman–Crippen MR) is 78.2 cm³/mol. The summed E-state index contributed by atoms with van der Waals surface area (Å²) in [5.41, 5.74) is 2.06. The van der Waals surface area contributed by atoms with Crippen molar-refractivity contribution in [2.75, 3.05) is 13.6 Å². The van der Waals surface area contributed by atoms with Crippen LogP contribution in [0.15, 0.2) is 30.3 Å². The average molecular weight is 275 g/mol. The second-order valence-electron chi connectivity index (χ2n) is 5.56. The third-order valence-corrected chi connectivity index (χ3v) is 3.68. The van der Waals surface area contributed by atoms with Gasteiger partial charge in [0.25, 0.3) is 0 Å². The summed E-state index contributed by atoms with van der Waals surface area (Å²) in [6.07, 6.45) is 4.48. The van der Waals surface area contributed by atoms with Crippen molar-refractivity contribution in [3.63, 3.8) is 0 Å². The van der Waals surface area contributed by atoms with E-state index in [9.17, 15) is 9.90 Å². The smallest absolute Gasteiger partial charge is 0.328 e. The van der Waals surface area contributed by atoms with E-state index in [-0.39, 0.29) is 6.10 Å². The molecule has 1 aromatic carbocycles. The summed E-state index contributed by atoms with van der Waals surface area (Å²) < 4.78 is 0. The van der Waals surface area contributed by atoms with E-state index in [2.05, 4.69) is 11.9 Å². The van der Waals surface area contributed by atoms with Crippen LogP contribution < -0.4 is 0 Å². The van der Waals surface area contributed by atoms with Crippen LogP contribution in [0.1, 0.15) is 24.0 Å². The Hall–Kier alpha value is -1.65. The summed E-state index contributed by atoms with van der Waals surface area (Å²) in [4.78, 5) is 12.8. The number of hydrogen-bond donors (Lipinski definition) is 2. The Kier molecular flexibility index (Phi) is 4.93. The summed E-state index contributed by atoms with van der Waals surface area (Å²) in [5, 5.41) is 18.0. The maximum absolute atomic E-state index is 10.6. The molecule has 20 heavy (non-hydrogen) atoms. The number of carboxylic acids is 1. The lowest BCUT2D eigenvalue weighted by Crippen LogP contribution is -2.36. The van der Waals surface area contributed by atoms with Gasteiger partial charge in [-0.15, -0.1) is 0 Å². The molecule has 0 atom stereocenters. The predicted octanol–water partition coefficient (Wildman–Crippen LogP) is 1.99. The van der Waals surface area contributed by atoms with Gasteiger partial charge in [0.15, 0.2) is 0 Å². The molecule has 0 aliphatic heterocycles. The van der Waals surface area contributed by atoms with E-state index in [0.29, 0.717) is 5.92 Å². The number of aliphatic hydroxyl groups excluding tert-OH is 1. The fourth-order valence-corrected chi connectivity index (χ4v) is 2.65. The zero-order chi connectivity index (χ0) is 14.5. The molecule has 0 saturated heterocycles. The number of benzene rings is 1. The molecule has 0 heterocycles. The maximum Gasteiger partial charge on any atom is 0.328 e. The summed E-state index contributed by atoms with van der Waals surface area (Å²) in [7, 11) is 2.06. The standard InChI is InChI=1S/C16H21NO3/c1-17(10-12-8-15(18)9-12)11-14-5-3-2-4-13(14)6-7-16(19)20/h2-7,12,15,18H,8-11H2,1H3,(H,19,20). The lowest BCUT2D eigenvalue weighted by atomic mass is 9.82. The Morgan fingerprint density at radius 2 is 2.10 bits per heavy atom. The number of hydrogen-bond acceptors (Lipinski definition) is 3. The second-order valence-corrected chi connectivity index (χ2v) is 5.56. The highest BCUT2D eigenvalue weighted by atomic mass is 16.4. The molecule has 4 nitrogen and oxygen atoms in total. The Morgan fingerprint density at radius 1 is 1.40 bits per heavy atom. The van der Waals surface area contributed by atoms with Gasteiger partial charge in [-0.2, -0.15) is 0 Å². The van der Waals surface area contributed by atoms with Crippen molar-refractivity contribution in [2.45, 2.75) is 25.5 Å². The highest BCUT2D eigenvalue weighted by Gasteiger charge is 2.27. The number of aliphatic carboxylic acids is 1. The zero-order valence-corrected chi connectivity index (χ0v) is 11.7. The van der Waals surface area contributed by atoms with Crippen LogP contribution in [0, 0.1) is 5.92 Å². The van der Waals surface area contributed by atoms with E-state index in [1.54, 1.807) is 6.08 Å². The molecular weight excluding hydrogens is 254 g/mol. The maximum atomic E-state index is 10.6. The summed E-state index contributed by atoms with van der Waals surface area (Å²) in [6.45, 7) is 1.75. The van der Waals surface area contributed by atoms with Crippen LogP contribution in [-0.2, 0) is 11.3 Å². The first-order valence-corrected chi connectivity index (χ1v) is 6.90. The van der Waals surface area contributed by atoms with Gasteiger partial charge in [0, 0.05) is 19.2 Å². The van der Waals surface area contributed by atoms with Gasteiger partial charge in [0.05, 0.1) is 6.10 Å². The van der Waals surface area contributed by atoms with E-state index >= 15 is 0 Å². The molecule has 4 heteroatoms. The minimum Gasteiger partial charge on any atom is -0.478 e. The molecule has 2 rings (SSSR count). The number of rotatable bonds is 6. The Morgan fingerprint density at radius 3 is 2.75 bits per heavy atom. The van der Waals surface area contributed by atoms with Gasteiger partial charge in [0.1, 0.15) is 0 Å². The first kappa shape index (κ1) is 14.8. The molecule has 1 aromatic rings. The summed E-state index contributed by atoms with van der Waals surface area (Å²) >= 11 is 0. The van der Waals surface area contributed by atoms with Gasteiger partial charge in [-0.05, 0) is 43.0 Å². The molecule has 0 radical (unpaired) electrons. The zero-order valence-electron chi connectivity index (χ0n) is 11.7. The molecule has 0 spiro atoms. The van der Waals surface area contributed by atoms with Crippen molar-refractivity contribution < 1.29 is 15.0 Å². The van der Waals surface area contributed by atoms with Crippen molar-refractivity contribution in [3.05, 3.63) is 41.5 Å². The SMILES string of the molecule is CN(Cc1ccccc1C=CC(=O)O)CC1CC(O)C1. The third kappa shape index (κ3) is 4.18. The molecule has 0 bridgehead atoms. The third-order valence-electron chi connectivity index (χ3n) is 3.68. The van der Waals surface area contributed by atoms with E-state index in [4.69, 9.17) is 5.11 Å². The van der Waals surface area contributed by atoms with E-state index in [0.717, 1.165) is 37.1 Å². The average Bonchev–Trinajstić information content (AvgIpc) is 2.35. The molecule has 2 N–H and O–H groups in total. The quantitative estimate of drug-likeness (QED) is 0.779. The Balaban J connectivity index is 1.96. The first-order valence-electron chi connectivity index (χ1n) is 6.90. The molecule has 1 fully saturated rings. The fourth-order valence-electron chi connectivity index (χ4n) is 2.65. The lowest BCUT2D eigenvalue weighted by molar-refractivity contribution is -0.131. The van der Waals surface area contributed by atoms with Crippen LogP contribution in [0.4, 0.5) is 0 Å². The van der Waals surface area contributed by atoms with Crippen molar-refractivity contribution in [3.8, 4) is 0 Å². The normalized spacial score (nSPS) is 22.1. The minimum atomic E-state index is -0.934. The van der Waals surface area contributed by atoms with Gasteiger partial charge >= 0.3 is 5.97 Å². The molecule has 1 saturated carbocycles. The van der Waals surface area contributed by atoms with Crippen LogP contribution in [0.5, 0.6) is 0 Å². The molecule has 0 amide bonds. The van der Waals surface area contributed by atoms with Crippen LogP contribution >= 0.6 is 0 Å². The monoisotopic (exact) mass is 275 g/mol. The van der Waals surface area contributed by atoms with Crippen molar-refractivity contribution >= 4 is 12.0 Å². The molecule has 108 valence electrons. The van der Waals surface area contributed by atoms with Gasteiger partial charge in [-0.25, -0.2) is 4.79 Å².